The number of hydrogen-bond donors (Lipinski definition) is 1. The Morgan fingerprint density at radius 1 is 0.950 bits per heavy atom. The number of ether oxygens (including phenoxy) is 1. The molecule has 0 aromatic heterocycles. The lowest BCUT2D eigenvalue weighted by atomic mass is 9.98. The van der Waals surface area contributed by atoms with E-state index in [1.165, 1.54) is 16.7 Å². The molecule has 0 radical (unpaired) electrons. The topological polar surface area (TPSA) is 21.3 Å². The summed E-state index contributed by atoms with van der Waals surface area (Å²) in [5.41, 5.74) is 3.76. The van der Waals surface area contributed by atoms with E-state index in [4.69, 9.17) is 4.74 Å². The minimum Gasteiger partial charge on any atom is -0.380 e. The number of hydrogen-bond acceptors (Lipinski definition) is 2. The van der Waals surface area contributed by atoms with Crippen molar-refractivity contribution in [3.8, 4) is 11.1 Å². The van der Waals surface area contributed by atoms with Crippen LogP contribution in [0.3, 0.4) is 0 Å². The van der Waals surface area contributed by atoms with Crippen molar-refractivity contribution >= 4 is 0 Å². The predicted molar refractivity (Wildman–Crippen MR) is 84.8 cm³/mol. The van der Waals surface area contributed by atoms with E-state index in [0.29, 0.717) is 0 Å². The second-order valence-corrected chi connectivity index (χ2v) is 4.96. The number of nitrogens with one attached hydrogen (secondary N) is 1. The summed E-state index contributed by atoms with van der Waals surface area (Å²) in [7, 11) is 1.76. The summed E-state index contributed by atoms with van der Waals surface area (Å²) in [4.78, 5) is 0. The summed E-state index contributed by atoms with van der Waals surface area (Å²) in [5, 5.41) is 3.48. The molecule has 2 nitrogen and oxygen atoms in total. The Bertz CT molecular complexity index is 507. The van der Waals surface area contributed by atoms with Gasteiger partial charge in [0.2, 0.25) is 0 Å². The second-order valence-electron chi connectivity index (χ2n) is 4.96. The van der Waals surface area contributed by atoms with Crippen molar-refractivity contribution < 1.29 is 4.74 Å². The molecule has 2 heteroatoms. The monoisotopic (exact) mass is 269 g/mol. The standard InChI is InChI=1S/C18H23NO/c1-4-19-18(14(2)20-3)17-12-10-16(11-13-17)15-8-6-5-7-9-15/h5-14,18-19H,4H2,1-3H3. The highest BCUT2D eigenvalue weighted by molar-refractivity contribution is 5.63. The van der Waals surface area contributed by atoms with Crippen LogP contribution in [0.2, 0.25) is 0 Å². The van der Waals surface area contributed by atoms with Gasteiger partial charge in [-0.25, -0.2) is 0 Å². The van der Waals surface area contributed by atoms with E-state index in [2.05, 4.69) is 67.7 Å². The van der Waals surface area contributed by atoms with Gasteiger partial charge in [0.15, 0.2) is 0 Å². The zero-order chi connectivity index (χ0) is 14.4. The van der Waals surface area contributed by atoms with E-state index < -0.39 is 0 Å². The molecule has 2 aromatic carbocycles. The van der Waals surface area contributed by atoms with E-state index in [-0.39, 0.29) is 12.1 Å². The van der Waals surface area contributed by atoms with Crippen molar-refractivity contribution in [1.82, 2.24) is 5.32 Å². The normalized spacial score (nSPS) is 13.9. The third kappa shape index (κ3) is 3.47. The third-order valence-electron chi connectivity index (χ3n) is 3.64. The molecule has 1 N–H and O–H groups in total. The van der Waals surface area contributed by atoms with Gasteiger partial charge in [-0.1, -0.05) is 61.5 Å². The fourth-order valence-corrected chi connectivity index (χ4v) is 2.42. The Balaban J connectivity index is 2.22. The Morgan fingerprint density at radius 2 is 1.55 bits per heavy atom. The van der Waals surface area contributed by atoms with Crippen LogP contribution in [0.5, 0.6) is 0 Å². The highest BCUT2D eigenvalue weighted by Gasteiger charge is 2.17. The molecule has 0 saturated heterocycles. The minimum absolute atomic E-state index is 0.150. The van der Waals surface area contributed by atoms with Crippen LogP contribution < -0.4 is 5.32 Å². The second kappa shape index (κ2) is 7.22. The summed E-state index contributed by atoms with van der Waals surface area (Å²) in [6.07, 6.45) is 0.150. The van der Waals surface area contributed by atoms with Crippen LogP contribution in [-0.4, -0.2) is 19.8 Å². The van der Waals surface area contributed by atoms with Gasteiger partial charge in [-0.15, -0.1) is 0 Å². The van der Waals surface area contributed by atoms with Crippen LogP contribution in [0.25, 0.3) is 11.1 Å². The van der Waals surface area contributed by atoms with Gasteiger partial charge in [0.05, 0.1) is 12.1 Å². The molecule has 2 atom stereocenters. The van der Waals surface area contributed by atoms with Crippen molar-refractivity contribution in [3.05, 3.63) is 60.2 Å². The quantitative estimate of drug-likeness (QED) is 0.854. The summed E-state index contributed by atoms with van der Waals surface area (Å²) in [6.45, 7) is 5.14. The minimum atomic E-state index is 0.150. The van der Waals surface area contributed by atoms with E-state index in [0.717, 1.165) is 6.54 Å². The highest BCUT2D eigenvalue weighted by atomic mass is 16.5. The van der Waals surface area contributed by atoms with Gasteiger partial charge in [-0.2, -0.15) is 0 Å². The van der Waals surface area contributed by atoms with Crippen LogP contribution in [-0.2, 0) is 4.74 Å². The van der Waals surface area contributed by atoms with Crippen molar-refractivity contribution in [2.24, 2.45) is 0 Å². The number of rotatable bonds is 6. The molecule has 0 aliphatic heterocycles. The van der Waals surface area contributed by atoms with Gasteiger partial charge in [-0.3, -0.25) is 0 Å². The van der Waals surface area contributed by atoms with Crippen LogP contribution >= 0.6 is 0 Å². The Labute approximate surface area is 121 Å². The van der Waals surface area contributed by atoms with Crippen molar-refractivity contribution in [1.29, 1.82) is 0 Å². The summed E-state index contributed by atoms with van der Waals surface area (Å²) >= 11 is 0. The molecule has 0 aliphatic rings. The number of likely N-dealkylation sites (N-methyl/N-ethyl adjacent to an activating group) is 1. The first-order valence-electron chi connectivity index (χ1n) is 7.17. The maximum atomic E-state index is 5.47. The van der Waals surface area contributed by atoms with Gasteiger partial charge in [0.25, 0.3) is 0 Å². The molecular weight excluding hydrogens is 246 g/mol. The van der Waals surface area contributed by atoms with Crippen molar-refractivity contribution in [3.63, 3.8) is 0 Å². The summed E-state index contributed by atoms with van der Waals surface area (Å²) < 4.78 is 5.47. The molecule has 0 saturated carbocycles. The first kappa shape index (κ1) is 14.8. The van der Waals surface area contributed by atoms with E-state index in [9.17, 15) is 0 Å². The molecule has 0 fully saturated rings. The molecule has 0 amide bonds. The number of benzene rings is 2. The smallest absolute Gasteiger partial charge is 0.0737 e. The largest absolute Gasteiger partial charge is 0.380 e. The van der Waals surface area contributed by atoms with Gasteiger partial charge >= 0.3 is 0 Å². The van der Waals surface area contributed by atoms with Gasteiger partial charge in [0, 0.05) is 7.11 Å². The molecule has 0 heterocycles. The maximum Gasteiger partial charge on any atom is 0.0737 e. The Morgan fingerprint density at radius 3 is 2.10 bits per heavy atom. The molecule has 20 heavy (non-hydrogen) atoms. The highest BCUT2D eigenvalue weighted by Crippen LogP contribution is 2.24. The zero-order valence-corrected chi connectivity index (χ0v) is 12.5. The molecule has 2 aromatic rings. The van der Waals surface area contributed by atoms with E-state index >= 15 is 0 Å². The molecule has 0 bridgehead atoms. The molecular formula is C18H23NO. The van der Waals surface area contributed by atoms with Crippen molar-refractivity contribution in [2.45, 2.75) is 26.0 Å². The predicted octanol–water partition coefficient (Wildman–Crippen LogP) is 4.04. The van der Waals surface area contributed by atoms with Crippen LogP contribution in [0.4, 0.5) is 0 Å². The SMILES string of the molecule is CCNC(c1ccc(-c2ccccc2)cc1)C(C)OC. The Kier molecular flexibility index (Phi) is 5.33. The lowest BCUT2D eigenvalue weighted by Gasteiger charge is -2.24. The average Bonchev–Trinajstić information content (AvgIpc) is 2.53. The third-order valence-corrected chi connectivity index (χ3v) is 3.64. The molecule has 0 spiro atoms. The van der Waals surface area contributed by atoms with E-state index in [1.807, 2.05) is 6.07 Å². The lowest BCUT2D eigenvalue weighted by Crippen LogP contribution is -2.31. The maximum absolute atomic E-state index is 5.47. The molecule has 2 unspecified atom stereocenters. The summed E-state index contributed by atoms with van der Waals surface area (Å²) in [6, 6.07) is 19.4. The zero-order valence-electron chi connectivity index (χ0n) is 12.5. The van der Waals surface area contributed by atoms with Gasteiger partial charge < -0.3 is 10.1 Å². The van der Waals surface area contributed by atoms with Gasteiger partial charge in [-0.05, 0) is 30.2 Å². The van der Waals surface area contributed by atoms with Crippen molar-refractivity contribution in [2.75, 3.05) is 13.7 Å². The number of methoxy groups -OCH3 is 1. The molecule has 0 aliphatic carbocycles. The van der Waals surface area contributed by atoms with E-state index in [1.54, 1.807) is 7.11 Å². The first-order valence-corrected chi connectivity index (χ1v) is 7.17. The van der Waals surface area contributed by atoms with Crippen LogP contribution in [0, 0.1) is 0 Å². The molecule has 2 rings (SSSR count). The average molecular weight is 269 g/mol. The Hall–Kier alpha value is -1.64. The summed E-state index contributed by atoms with van der Waals surface area (Å²) in [5.74, 6) is 0. The van der Waals surface area contributed by atoms with Crippen LogP contribution in [0.1, 0.15) is 25.5 Å². The van der Waals surface area contributed by atoms with Crippen LogP contribution in [0.15, 0.2) is 54.6 Å². The fourth-order valence-electron chi connectivity index (χ4n) is 2.42. The van der Waals surface area contributed by atoms with Gasteiger partial charge in [0.1, 0.15) is 0 Å². The lowest BCUT2D eigenvalue weighted by molar-refractivity contribution is 0.0836. The molecule has 106 valence electrons. The first-order chi connectivity index (χ1) is 9.76. The fraction of sp³-hybridized carbons (Fsp3) is 0.333.